The Morgan fingerprint density at radius 3 is 2.33 bits per heavy atom. The first kappa shape index (κ1) is 15.9. The number of carbonyl (C=O) groups excluding carboxylic acids is 1. The summed E-state index contributed by atoms with van der Waals surface area (Å²) in [7, 11) is 0. The normalized spacial score (nSPS) is 21.1. The zero-order valence-corrected chi connectivity index (χ0v) is 12.6. The average Bonchev–Trinajstić information content (AvgIpc) is 3.28. The monoisotopic (exact) mass is 294 g/mol. The summed E-state index contributed by atoms with van der Waals surface area (Å²) in [6.07, 6.45) is 9.15. The van der Waals surface area contributed by atoms with Crippen LogP contribution in [0.5, 0.6) is 0 Å². The fraction of sp³-hybridized carbons (Fsp3) is 0.750. The number of carboxylic acids is 1. The summed E-state index contributed by atoms with van der Waals surface area (Å²) in [5.41, 5.74) is -0.782. The predicted molar refractivity (Wildman–Crippen MR) is 81.1 cm³/mol. The Morgan fingerprint density at radius 2 is 1.86 bits per heavy atom. The SMILES string of the molecule is C=CCN(C(=O)NCC1(C(=O)O)CCCCCC1)C1CC1. The van der Waals surface area contributed by atoms with Crippen molar-refractivity contribution in [2.45, 2.75) is 57.4 Å². The Bertz CT molecular complexity index is 396. The Hall–Kier alpha value is -1.52. The number of nitrogens with one attached hydrogen (secondary N) is 1. The van der Waals surface area contributed by atoms with Gasteiger partial charge < -0.3 is 15.3 Å². The van der Waals surface area contributed by atoms with E-state index in [4.69, 9.17) is 0 Å². The van der Waals surface area contributed by atoms with Gasteiger partial charge in [0.05, 0.1) is 5.41 Å². The average molecular weight is 294 g/mol. The van der Waals surface area contributed by atoms with Crippen molar-refractivity contribution in [3.63, 3.8) is 0 Å². The number of amides is 2. The number of carbonyl (C=O) groups is 2. The van der Waals surface area contributed by atoms with Crippen LogP contribution in [0.1, 0.15) is 51.4 Å². The van der Waals surface area contributed by atoms with Crippen molar-refractivity contribution in [3.8, 4) is 0 Å². The second-order valence-corrected chi connectivity index (χ2v) is 6.33. The van der Waals surface area contributed by atoms with E-state index in [1.807, 2.05) is 0 Å². The molecular formula is C16H26N2O3. The van der Waals surface area contributed by atoms with E-state index in [1.54, 1.807) is 11.0 Å². The second kappa shape index (κ2) is 6.96. The Morgan fingerprint density at radius 1 is 1.24 bits per heavy atom. The molecule has 21 heavy (non-hydrogen) atoms. The van der Waals surface area contributed by atoms with E-state index < -0.39 is 11.4 Å². The van der Waals surface area contributed by atoms with Crippen LogP contribution in [0.15, 0.2) is 12.7 Å². The van der Waals surface area contributed by atoms with Gasteiger partial charge in [-0.25, -0.2) is 4.79 Å². The van der Waals surface area contributed by atoms with Crippen LogP contribution in [0.25, 0.3) is 0 Å². The van der Waals surface area contributed by atoms with Crippen molar-refractivity contribution < 1.29 is 14.7 Å². The molecule has 0 unspecified atom stereocenters. The summed E-state index contributed by atoms with van der Waals surface area (Å²) in [4.78, 5) is 25.7. The molecule has 5 nitrogen and oxygen atoms in total. The minimum atomic E-state index is -0.782. The highest BCUT2D eigenvalue weighted by Gasteiger charge is 2.40. The molecule has 0 atom stereocenters. The van der Waals surface area contributed by atoms with Gasteiger partial charge in [-0.3, -0.25) is 4.79 Å². The Balaban J connectivity index is 1.95. The molecule has 0 heterocycles. The van der Waals surface area contributed by atoms with Crippen molar-refractivity contribution in [2.75, 3.05) is 13.1 Å². The number of hydrogen-bond acceptors (Lipinski definition) is 2. The molecule has 0 aromatic carbocycles. The van der Waals surface area contributed by atoms with Crippen LogP contribution in [0.3, 0.4) is 0 Å². The number of aliphatic carboxylic acids is 1. The summed E-state index contributed by atoms with van der Waals surface area (Å²) in [6.45, 7) is 4.44. The van der Waals surface area contributed by atoms with Crippen molar-refractivity contribution in [1.29, 1.82) is 0 Å². The van der Waals surface area contributed by atoms with Crippen LogP contribution < -0.4 is 5.32 Å². The molecule has 2 N–H and O–H groups in total. The molecule has 118 valence electrons. The van der Waals surface area contributed by atoms with Crippen LogP contribution >= 0.6 is 0 Å². The van der Waals surface area contributed by atoms with Crippen molar-refractivity contribution in [1.82, 2.24) is 10.2 Å². The van der Waals surface area contributed by atoms with Crippen LogP contribution in [0.4, 0.5) is 4.79 Å². The van der Waals surface area contributed by atoms with Gasteiger partial charge in [-0.05, 0) is 25.7 Å². The van der Waals surface area contributed by atoms with Crippen LogP contribution in [0, 0.1) is 5.41 Å². The number of carboxylic acid groups (broad SMARTS) is 1. The zero-order chi connectivity index (χ0) is 15.3. The minimum Gasteiger partial charge on any atom is -0.481 e. The van der Waals surface area contributed by atoms with Gasteiger partial charge >= 0.3 is 12.0 Å². The summed E-state index contributed by atoms with van der Waals surface area (Å²) in [5.74, 6) is -0.772. The van der Waals surface area contributed by atoms with Gasteiger partial charge in [0.15, 0.2) is 0 Å². The molecule has 5 heteroatoms. The number of nitrogens with zero attached hydrogens (tertiary/aromatic N) is 1. The molecule has 2 aliphatic rings. The highest BCUT2D eigenvalue weighted by Crippen LogP contribution is 2.35. The first-order chi connectivity index (χ1) is 10.1. The number of urea groups is 1. The lowest BCUT2D eigenvalue weighted by Gasteiger charge is -2.30. The van der Waals surface area contributed by atoms with Crippen LogP contribution in [-0.4, -0.2) is 41.1 Å². The predicted octanol–water partition coefficient (Wildman–Crippen LogP) is 2.77. The molecule has 2 amide bonds. The molecule has 2 fully saturated rings. The quantitative estimate of drug-likeness (QED) is 0.584. The second-order valence-electron chi connectivity index (χ2n) is 6.33. The summed E-state index contributed by atoms with van der Waals surface area (Å²) in [6, 6.07) is 0.153. The molecule has 0 aliphatic heterocycles. The van der Waals surface area contributed by atoms with Gasteiger partial charge in [0.1, 0.15) is 0 Å². The third-order valence-electron chi connectivity index (χ3n) is 4.67. The third-order valence-corrected chi connectivity index (χ3v) is 4.67. The molecule has 0 aromatic heterocycles. The molecule has 0 radical (unpaired) electrons. The Labute approximate surface area is 126 Å². The Kier molecular flexibility index (Phi) is 5.26. The van der Waals surface area contributed by atoms with Gasteiger partial charge in [0.25, 0.3) is 0 Å². The highest BCUT2D eigenvalue weighted by atomic mass is 16.4. The standard InChI is InChI=1S/C16H26N2O3/c1-2-11-18(13-7-8-13)15(21)17-12-16(14(19)20)9-5-3-4-6-10-16/h2,13H,1,3-12H2,(H,17,21)(H,19,20). The molecule has 0 spiro atoms. The first-order valence-electron chi connectivity index (χ1n) is 7.98. The molecule has 2 saturated carbocycles. The van der Waals surface area contributed by atoms with E-state index in [9.17, 15) is 14.7 Å². The van der Waals surface area contributed by atoms with Crippen molar-refractivity contribution in [3.05, 3.63) is 12.7 Å². The van der Waals surface area contributed by atoms with E-state index in [2.05, 4.69) is 11.9 Å². The molecule has 2 aliphatic carbocycles. The molecule has 0 aromatic rings. The summed E-state index contributed by atoms with van der Waals surface area (Å²) >= 11 is 0. The van der Waals surface area contributed by atoms with E-state index in [1.165, 1.54) is 0 Å². The van der Waals surface area contributed by atoms with E-state index in [0.717, 1.165) is 38.5 Å². The fourth-order valence-corrected chi connectivity index (χ4v) is 3.14. The smallest absolute Gasteiger partial charge is 0.317 e. The zero-order valence-electron chi connectivity index (χ0n) is 12.6. The molecule has 0 saturated heterocycles. The maximum absolute atomic E-state index is 12.3. The fourth-order valence-electron chi connectivity index (χ4n) is 3.14. The van der Waals surface area contributed by atoms with E-state index >= 15 is 0 Å². The van der Waals surface area contributed by atoms with Gasteiger partial charge in [-0.15, -0.1) is 6.58 Å². The van der Waals surface area contributed by atoms with E-state index in [0.29, 0.717) is 25.4 Å². The van der Waals surface area contributed by atoms with Crippen molar-refractivity contribution >= 4 is 12.0 Å². The molecule has 2 rings (SSSR count). The van der Waals surface area contributed by atoms with E-state index in [-0.39, 0.29) is 12.6 Å². The highest BCUT2D eigenvalue weighted by molar-refractivity contribution is 5.78. The topological polar surface area (TPSA) is 69.6 Å². The summed E-state index contributed by atoms with van der Waals surface area (Å²) < 4.78 is 0. The maximum atomic E-state index is 12.3. The van der Waals surface area contributed by atoms with Crippen LogP contribution in [-0.2, 0) is 4.79 Å². The minimum absolute atomic E-state index is 0.151. The lowest BCUT2D eigenvalue weighted by atomic mass is 9.80. The van der Waals surface area contributed by atoms with Gasteiger partial charge in [-0.1, -0.05) is 31.8 Å². The third kappa shape index (κ3) is 3.99. The molecule has 0 bridgehead atoms. The number of hydrogen-bond donors (Lipinski definition) is 2. The van der Waals surface area contributed by atoms with Crippen molar-refractivity contribution in [2.24, 2.45) is 5.41 Å². The lowest BCUT2D eigenvalue weighted by Crippen LogP contribution is -2.48. The van der Waals surface area contributed by atoms with Gasteiger partial charge in [0, 0.05) is 19.1 Å². The largest absolute Gasteiger partial charge is 0.481 e. The van der Waals surface area contributed by atoms with Gasteiger partial charge in [-0.2, -0.15) is 0 Å². The lowest BCUT2D eigenvalue weighted by molar-refractivity contribution is -0.149. The van der Waals surface area contributed by atoms with Crippen LogP contribution in [0.2, 0.25) is 0 Å². The summed E-state index contributed by atoms with van der Waals surface area (Å²) in [5, 5.41) is 12.5. The van der Waals surface area contributed by atoms with Gasteiger partial charge in [0.2, 0.25) is 0 Å². The first-order valence-corrected chi connectivity index (χ1v) is 7.98. The number of rotatable bonds is 6. The maximum Gasteiger partial charge on any atom is 0.317 e. The molecular weight excluding hydrogens is 268 g/mol.